The molecule has 0 aliphatic heterocycles. The highest BCUT2D eigenvalue weighted by Gasteiger charge is 2.15. The van der Waals surface area contributed by atoms with E-state index in [2.05, 4.69) is 22.0 Å². The first-order chi connectivity index (χ1) is 10.1. The predicted octanol–water partition coefficient (Wildman–Crippen LogP) is 2.20. The van der Waals surface area contributed by atoms with Gasteiger partial charge in [0.05, 0.1) is 6.20 Å². The Morgan fingerprint density at radius 2 is 1.95 bits per heavy atom. The van der Waals surface area contributed by atoms with Gasteiger partial charge in [-0.1, -0.05) is 30.3 Å². The Morgan fingerprint density at radius 3 is 2.62 bits per heavy atom. The van der Waals surface area contributed by atoms with Crippen molar-refractivity contribution >= 4 is 10.0 Å². The second-order valence-corrected chi connectivity index (χ2v) is 6.64. The number of nitrogens with one attached hydrogen (secondary N) is 1. The Labute approximate surface area is 126 Å². The average molecular weight is 307 g/mol. The molecule has 1 aromatic heterocycles. The van der Waals surface area contributed by atoms with Gasteiger partial charge in [-0.05, 0) is 31.7 Å². The quantitative estimate of drug-likeness (QED) is 0.760. The van der Waals surface area contributed by atoms with E-state index in [1.54, 1.807) is 10.9 Å². The molecule has 114 valence electrons. The maximum absolute atomic E-state index is 12.0. The molecule has 0 atom stereocenters. The minimum atomic E-state index is -3.43. The number of unbranched alkanes of at least 4 members (excludes halogenated alkanes) is 1. The van der Waals surface area contributed by atoms with Gasteiger partial charge < -0.3 is 0 Å². The molecular weight excluding hydrogens is 286 g/mol. The molecule has 5 nitrogen and oxygen atoms in total. The molecule has 0 aliphatic carbocycles. The van der Waals surface area contributed by atoms with Gasteiger partial charge in [0, 0.05) is 19.3 Å². The summed E-state index contributed by atoms with van der Waals surface area (Å²) in [6.07, 6.45) is 5.68. The molecule has 21 heavy (non-hydrogen) atoms. The lowest BCUT2D eigenvalue weighted by Crippen LogP contribution is -2.24. The first kappa shape index (κ1) is 15.7. The zero-order chi connectivity index (χ0) is 15.1. The van der Waals surface area contributed by atoms with Gasteiger partial charge in [0.1, 0.15) is 4.90 Å². The lowest BCUT2D eigenvalue weighted by Gasteiger charge is -2.05. The van der Waals surface area contributed by atoms with Gasteiger partial charge in [0.25, 0.3) is 0 Å². The minimum absolute atomic E-state index is 0.229. The van der Waals surface area contributed by atoms with Crippen LogP contribution in [0.25, 0.3) is 0 Å². The van der Waals surface area contributed by atoms with E-state index < -0.39 is 10.0 Å². The number of nitrogens with zero attached hydrogens (tertiary/aromatic N) is 2. The van der Waals surface area contributed by atoms with E-state index in [9.17, 15) is 8.42 Å². The van der Waals surface area contributed by atoms with Gasteiger partial charge in [-0.15, -0.1) is 0 Å². The molecule has 1 N–H and O–H groups in total. The van der Waals surface area contributed by atoms with Crippen LogP contribution in [-0.2, 0) is 23.0 Å². The van der Waals surface area contributed by atoms with Gasteiger partial charge in [0.15, 0.2) is 0 Å². The van der Waals surface area contributed by atoms with E-state index >= 15 is 0 Å². The standard InChI is InChI=1S/C15H21N3O2S/c1-2-18-13-15(12-16-18)21(19,20)17-11-7-6-10-14-8-4-3-5-9-14/h3-5,8-9,12-13,17H,2,6-7,10-11H2,1H3. The maximum atomic E-state index is 12.0. The molecule has 1 heterocycles. The third-order valence-electron chi connectivity index (χ3n) is 3.27. The van der Waals surface area contributed by atoms with Crippen molar-refractivity contribution in [3.8, 4) is 0 Å². The molecule has 6 heteroatoms. The highest BCUT2D eigenvalue weighted by atomic mass is 32.2. The van der Waals surface area contributed by atoms with Crippen molar-refractivity contribution in [1.82, 2.24) is 14.5 Å². The number of rotatable bonds is 8. The molecule has 0 aliphatic rings. The Hall–Kier alpha value is -1.66. The molecule has 2 rings (SSSR count). The van der Waals surface area contributed by atoms with E-state index in [0.29, 0.717) is 13.1 Å². The fourth-order valence-corrected chi connectivity index (χ4v) is 3.07. The van der Waals surface area contributed by atoms with Crippen molar-refractivity contribution in [3.05, 3.63) is 48.3 Å². The highest BCUT2D eigenvalue weighted by molar-refractivity contribution is 7.89. The van der Waals surface area contributed by atoms with Gasteiger partial charge in [0.2, 0.25) is 10.0 Å². The summed E-state index contributed by atoms with van der Waals surface area (Å²) < 4.78 is 28.3. The Balaban J connectivity index is 1.75. The van der Waals surface area contributed by atoms with Crippen LogP contribution in [0.4, 0.5) is 0 Å². The zero-order valence-corrected chi connectivity index (χ0v) is 13.0. The van der Waals surface area contributed by atoms with Gasteiger partial charge >= 0.3 is 0 Å². The zero-order valence-electron chi connectivity index (χ0n) is 12.2. The summed E-state index contributed by atoms with van der Waals surface area (Å²) in [6.45, 7) is 3.03. The van der Waals surface area contributed by atoms with Crippen molar-refractivity contribution in [2.45, 2.75) is 37.6 Å². The van der Waals surface area contributed by atoms with Crippen LogP contribution in [-0.4, -0.2) is 24.7 Å². The Kier molecular flexibility index (Phi) is 5.52. The van der Waals surface area contributed by atoms with Crippen LogP contribution in [0.1, 0.15) is 25.3 Å². The van der Waals surface area contributed by atoms with Crippen LogP contribution < -0.4 is 4.72 Å². The van der Waals surface area contributed by atoms with Crippen molar-refractivity contribution in [3.63, 3.8) is 0 Å². The molecule has 0 bridgehead atoms. The Morgan fingerprint density at radius 1 is 1.19 bits per heavy atom. The van der Waals surface area contributed by atoms with E-state index in [4.69, 9.17) is 0 Å². The number of aryl methyl sites for hydroxylation is 2. The second kappa shape index (κ2) is 7.38. The highest BCUT2D eigenvalue weighted by Crippen LogP contribution is 2.08. The monoisotopic (exact) mass is 307 g/mol. The lowest BCUT2D eigenvalue weighted by atomic mass is 10.1. The average Bonchev–Trinajstić information content (AvgIpc) is 2.98. The lowest BCUT2D eigenvalue weighted by molar-refractivity contribution is 0.576. The second-order valence-electron chi connectivity index (χ2n) is 4.87. The van der Waals surface area contributed by atoms with E-state index in [-0.39, 0.29) is 4.90 Å². The molecule has 0 spiro atoms. The number of hydrogen-bond donors (Lipinski definition) is 1. The van der Waals surface area contributed by atoms with Crippen molar-refractivity contribution in [1.29, 1.82) is 0 Å². The fourth-order valence-electron chi connectivity index (χ4n) is 2.04. The molecule has 0 saturated carbocycles. The summed E-state index contributed by atoms with van der Waals surface area (Å²) in [5.74, 6) is 0. The molecular formula is C15H21N3O2S. The summed E-state index contributed by atoms with van der Waals surface area (Å²) in [5.41, 5.74) is 1.28. The first-order valence-electron chi connectivity index (χ1n) is 7.18. The molecule has 0 fully saturated rings. The van der Waals surface area contributed by atoms with Gasteiger partial charge in [-0.25, -0.2) is 13.1 Å². The van der Waals surface area contributed by atoms with Crippen LogP contribution in [0, 0.1) is 0 Å². The number of aromatic nitrogens is 2. The third-order valence-corrected chi connectivity index (χ3v) is 4.69. The Bertz CT molecular complexity index is 651. The smallest absolute Gasteiger partial charge is 0.243 e. The van der Waals surface area contributed by atoms with Gasteiger partial charge in [-0.2, -0.15) is 5.10 Å². The number of sulfonamides is 1. The molecule has 0 unspecified atom stereocenters. The van der Waals surface area contributed by atoms with Crippen molar-refractivity contribution < 1.29 is 8.42 Å². The van der Waals surface area contributed by atoms with Crippen molar-refractivity contribution in [2.75, 3.05) is 6.54 Å². The van der Waals surface area contributed by atoms with Crippen molar-refractivity contribution in [2.24, 2.45) is 0 Å². The number of benzene rings is 1. The van der Waals surface area contributed by atoms with E-state index in [1.807, 2.05) is 25.1 Å². The minimum Gasteiger partial charge on any atom is -0.272 e. The molecule has 0 radical (unpaired) electrons. The van der Waals surface area contributed by atoms with Gasteiger partial charge in [-0.3, -0.25) is 4.68 Å². The van der Waals surface area contributed by atoms with Crippen LogP contribution in [0.3, 0.4) is 0 Å². The SMILES string of the molecule is CCn1cc(S(=O)(=O)NCCCCc2ccccc2)cn1. The van der Waals surface area contributed by atoms with Crippen LogP contribution in [0.2, 0.25) is 0 Å². The van der Waals surface area contributed by atoms with Crippen LogP contribution in [0.15, 0.2) is 47.6 Å². The maximum Gasteiger partial charge on any atom is 0.243 e. The molecule has 2 aromatic rings. The molecule has 1 aromatic carbocycles. The summed E-state index contributed by atoms with van der Waals surface area (Å²) in [5, 5.41) is 3.98. The largest absolute Gasteiger partial charge is 0.272 e. The molecule has 0 saturated heterocycles. The molecule has 0 amide bonds. The fraction of sp³-hybridized carbons (Fsp3) is 0.400. The van der Waals surface area contributed by atoms with Crippen LogP contribution >= 0.6 is 0 Å². The topological polar surface area (TPSA) is 64.0 Å². The van der Waals surface area contributed by atoms with E-state index in [0.717, 1.165) is 19.3 Å². The summed E-state index contributed by atoms with van der Waals surface area (Å²) in [4.78, 5) is 0.229. The van der Waals surface area contributed by atoms with Crippen LogP contribution in [0.5, 0.6) is 0 Å². The predicted molar refractivity (Wildman–Crippen MR) is 82.5 cm³/mol. The third kappa shape index (κ3) is 4.68. The number of hydrogen-bond acceptors (Lipinski definition) is 3. The van der Waals surface area contributed by atoms with E-state index in [1.165, 1.54) is 11.8 Å². The summed E-state index contributed by atoms with van der Waals surface area (Å²) in [6, 6.07) is 10.2. The normalized spacial score (nSPS) is 11.7. The first-order valence-corrected chi connectivity index (χ1v) is 8.66. The summed E-state index contributed by atoms with van der Waals surface area (Å²) >= 11 is 0. The summed E-state index contributed by atoms with van der Waals surface area (Å²) in [7, 11) is -3.43.